The number of amides is 1. The summed E-state index contributed by atoms with van der Waals surface area (Å²) in [5, 5.41) is 5.34. The number of hydrogen-bond donors (Lipinski definition) is 1. The Morgan fingerprint density at radius 2 is 1.75 bits per heavy atom. The SMILES string of the molecule is C[C@H](NC(=O)c1ccc2c(c1)OCO2)[C@H](c1cccs1)N1CCN(c2ccccc2)CC1. The van der Waals surface area contributed by atoms with E-state index < -0.39 is 0 Å². The number of carbonyl (C=O) groups is 1. The largest absolute Gasteiger partial charge is 0.454 e. The maximum atomic E-state index is 13.0. The second-order valence-corrected chi connectivity index (χ2v) is 9.13. The van der Waals surface area contributed by atoms with Crippen molar-refractivity contribution in [2.75, 3.05) is 37.9 Å². The Bertz CT molecular complexity index is 1050. The first-order valence-electron chi connectivity index (χ1n) is 11.0. The molecule has 0 aliphatic carbocycles. The van der Waals surface area contributed by atoms with E-state index in [4.69, 9.17) is 9.47 Å². The Hall–Kier alpha value is -3.03. The zero-order chi connectivity index (χ0) is 21.9. The van der Waals surface area contributed by atoms with Crippen LogP contribution in [0.4, 0.5) is 5.69 Å². The smallest absolute Gasteiger partial charge is 0.251 e. The zero-order valence-corrected chi connectivity index (χ0v) is 18.9. The summed E-state index contributed by atoms with van der Waals surface area (Å²) in [7, 11) is 0. The fourth-order valence-electron chi connectivity index (χ4n) is 4.51. The van der Waals surface area contributed by atoms with Crippen LogP contribution in [-0.2, 0) is 0 Å². The number of anilines is 1. The number of carbonyl (C=O) groups excluding carboxylic acids is 1. The van der Waals surface area contributed by atoms with Crippen LogP contribution in [0.2, 0.25) is 0 Å². The minimum absolute atomic E-state index is 0.0464. The summed E-state index contributed by atoms with van der Waals surface area (Å²) >= 11 is 1.75. The van der Waals surface area contributed by atoms with Gasteiger partial charge in [0.05, 0.1) is 6.04 Å². The topological polar surface area (TPSA) is 54.0 Å². The molecule has 0 radical (unpaired) electrons. The predicted molar refractivity (Wildman–Crippen MR) is 127 cm³/mol. The van der Waals surface area contributed by atoms with Gasteiger partial charge in [0.2, 0.25) is 6.79 Å². The van der Waals surface area contributed by atoms with Crippen molar-refractivity contribution in [3.05, 3.63) is 76.5 Å². The van der Waals surface area contributed by atoms with Crippen LogP contribution >= 0.6 is 11.3 Å². The van der Waals surface area contributed by atoms with Crippen LogP contribution in [0.5, 0.6) is 11.5 Å². The molecule has 166 valence electrons. The summed E-state index contributed by atoms with van der Waals surface area (Å²) in [4.78, 5) is 19.2. The zero-order valence-electron chi connectivity index (χ0n) is 18.1. The number of thiophene rings is 1. The summed E-state index contributed by atoms with van der Waals surface area (Å²) in [5.41, 5.74) is 1.85. The molecule has 0 unspecified atom stereocenters. The summed E-state index contributed by atoms with van der Waals surface area (Å²) in [6.45, 7) is 6.12. The third-order valence-corrected chi connectivity index (χ3v) is 7.07. The quantitative estimate of drug-likeness (QED) is 0.613. The van der Waals surface area contributed by atoms with Gasteiger partial charge in [-0.1, -0.05) is 24.3 Å². The molecule has 5 rings (SSSR count). The Balaban J connectivity index is 1.29. The van der Waals surface area contributed by atoms with Gasteiger partial charge in [-0.2, -0.15) is 0 Å². The van der Waals surface area contributed by atoms with Gasteiger partial charge >= 0.3 is 0 Å². The van der Waals surface area contributed by atoms with Crippen molar-refractivity contribution in [3.8, 4) is 11.5 Å². The van der Waals surface area contributed by atoms with E-state index in [1.54, 1.807) is 29.5 Å². The van der Waals surface area contributed by atoms with E-state index in [0.717, 1.165) is 26.2 Å². The monoisotopic (exact) mass is 449 g/mol. The highest BCUT2D eigenvalue weighted by Crippen LogP contribution is 2.33. The maximum absolute atomic E-state index is 13.0. The maximum Gasteiger partial charge on any atom is 0.251 e. The molecular formula is C25H27N3O3S. The standard InChI is InChI=1S/C25H27N3O3S/c1-18(26-25(29)19-9-10-21-22(16-19)31-17-30-21)24(23-8-5-15-32-23)28-13-11-27(12-14-28)20-6-3-2-4-7-20/h2-10,15-16,18,24H,11-14,17H2,1H3,(H,26,29)/t18-,24+/m0/s1. The first kappa shape index (κ1) is 20.8. The number of benzene rings is 2. The molecule has 6 nitrogen and oxygen atoms in total. The molecule has 1 fully saturated rings. The first-order chi connectivity index (χ1) is 15.7. The second-order valence-electron chi connectivity index (χ2n) is 8.15. The number of piperazine rings is 1. The molecule has 2 aliphatic rings. The lowest BCUT2D eigenvalue weighted by molar-refractivity contribution is 0.0890. The molecular weight excluding hydrogens is 422 g/mol. The first-order valence-corrected chi connectivity index (χ1v) is 11.8. The van der Waals surface area contributed by atoms with Gasteiger partial charge < -0.3 is 19.7 Å². The third-order valence-electron chi connectivity index (χ3n) is 6.13. The van der Waals surface area contributed by atoms with Gasteiger partial charge in [-0.25, -0.2) is 0 Å². The van der Waals surface area contributed by atoms with Crippen molar-refractivity contribution in [1.82, 2.24) is 10.2 Å². The minimum atomic E-state index is -0.0970. The van der Waals surface area contributed by atoms with Gasteiger partial charge in [0.25, 0.3) is 5.91 Å². The molecule has 1 saturated heterocycles. The minimum Gasteiger partial charge on any atom is -0.454 e. The van der Waals surface area contributed by atoms with E-state index in [9.17, 15) is 4.79 Å². The molecule has 1 amide bonds. The number of ether oxygens (including phenoxy) is 2. The highest BCUT2D eigenvalue weighted by Gasteiger charge is 2.31. The Labute approximate surface area is 192 Å². The number of para-hydroxylation sites is 1. The molecule has 7 heteroatoms. The van der Waals surface area contributed by atoms with Crippen molar-refractivity contribution >= 4 is 22.9 Å². The second kappa shape index (κ2) is 9.22. The lowest BCUT2D eigenvalue weighted by Crippen LogP contribution is -2.52. The van der Waals surface area contributed by atoms with Crippen molar-refractivity contribution < 1.29 is 14.3 Å². The molecule has 0 spiro atoms. The molecule has 0 saturated carbocycles. The van der Waals surface area contributed by atoms with Crippen molar-refractivity contribution in [1.29, 1.82) is 0 Å². The van der Waals surface area contributed by atoms with Gasteiger partial charge in [0.15, 0.2) is 11.5 Å². The van der Waals surface area contributed by atoms with Crippen LogP contribution in [0.15, 0.2) is 66.0 Å². The number of nitrogens with zero attached hydrogens (tertiary/aromatic N) is 2. The van der Waals surface area contributed by atoms with Gasteiger partial charge in [0.1, 0.15) is 0 Å². The Kier molecular flexibility index (Phi) is 6.01. The molecule has 32 heavy (non-hydrogen) atoms. The molecule has 2 aromatic carbocycles. The van der Waals surface area contributed by atoms with Crippen molar-refractivity contribution in [2.45, 2.75) is 19.0 Å². The van der Waals surface area contributed by atoms with E-state index in [1.165, 1.54) is 10.6 Å². The molecule has 2 atom stereocenters. The number of fused-ring (bicyclic) bond motifs is 1. The molecule has 1 N–H and O–H groups in total. The fourth-order valence-corrected chi connectivity index (χ4v) is 5.47. The van der Waals surface area contributed by atoms with Crippen LogP contribution in [-0.4, -0.2) is 49.8 Å². The molecule has 2 aliphatic heterocycles. The van der Waals surface area contributed by atoms with E-state index in [-0.39, 0.29) is 24.8 Å². The van der Waals surface area contributed by atoms with Gasteiger partial charge in [-0.3, -0.25) is 9.69 Å². The van der Waals surface area contributed by atoms with Crippen LogP contribution in [0.25, 0.3) is 0 Å². The molecule has 1 aromatic heterocycles. The molecule has 3 heterocycles. The predicted octanol–water partition coefficient (Wildman–Crippen LogP) is 4.16. The normalized spacial score (nSPS) is 17.7. The fraction of sp³-hybridized carbons (Fsp3) is 0.320. The van der Waals surface area contributed by atoms with E-state index in [0.29, 0.717) is 17.1 Å². The van der Waals surface area contributed by atoms with E-state index >= 15 is 0 Å². The van der Waals surface area contributed by atoms with Crippen LogP contribution < -0.4 is 19.7 Å². The number of nitrogens with one attached hydrogen (secondary N) is 1. The van der Waals surface area contributed by atoms with Crippen LogP contribution in [0.3, 0.4) is 0 Å². The van der Waals surface area contributed by atoms with Gasteiger partial charge in [0, 0.05) is 48.3 Å². The van der Waals surface area contributed by atoms with Gasteiger partial charge in [-0.15, -0.1) is 11.3 Å². The van der Waals surface area contributed by atoms with E-state index in [1.807, 2.05) is 0 Å². The average Bonchev–Trinajstić information content (AvgIpc) is 3.52. The van der Waals surface area contributed by atoms with Crippen molar-refractivity contribution in [2.24, 2.45) is 0 Å². The Morgan fingerprint density at radius 3 is 2.50 bits per heavy atom. The average molecular weight is 450 g/mol. The summed E-state index contributed by atoms with van der Waals surface area (Å²) < 4.78 is 10.8. The summed E-state index contributed by atoms with van der Waals surface area (Å²) in [6.07, 6.45) is 0. The van der Waals surface area contributed by atoms with Crippen LogP contribution in [0.1, 0.15) is 28.2 Å². The van der Waals surface area contributed by atoms with Gasteiger partial charge in [-0.05, 0) is 48.7 Å². The highest BCUT2D eigenvalue weighted by atomic mass is 32.1. The van der Waals surface area contributed by atoms with Crippen molar-refractivity contribution in [3.63, 3.8) is 0 Å². The highest BCUT2D eigenvalue weighted by molar-refractivity contribution is 7.10. The van der Waals surface area contributed by atoms with E-state index in [2.05, 4.69) is 69.9 Å². The molecule has 0 bridgehead atoms. The third kappa shape index (κ3) is 4.31. The Morgan fingerprint density at radius 1 is 0.969 bits per heavy atom. The lowest BCUT2D eigenvalue weighted by atomic mass is 10.0. The summed E-state index contributed by atoms with van der Waals surface area (Å²) in [6, 6.07) is 20.2. The number of hydrogen-bond acceptors (Lipinski definition) is 6. The summed E-state index contributed by atoms with van der Waals surface area (Å²) in [5.74, 6) is 1.21. The molecule has 3 aromatic rings. The van der Waals surface area contributed by atoms with Crippen LogP contribution in [0, 0.1) is 0 Å². The number of rotatable bonds is 6. The lowest BCUT2D eigenvalue weighted by Gasteiger charge is -2.42.